The zero-order valence-electron chi connectivity index (χ0n) is 8.93. The topological polar surface area (TPSA) is 60.4 Å². The van der Waals surface area contributed by atoms with Crippen LogP contribution in [-0.4, -0.2) is 18.7 Å². The van der Waals surface area contributed by atoms with Crippen LogP contribution in [0.3, 0.4) is 0 Å². The van der Waals surface area contributed by atoms with Gasteiger partial charge in [0.05, 0.1) is 6.10 Å². The Kier molecular flexibility index (Phi) is 6.37. The highest BCUT2D eigenvalue weighted by Crippen LogP contribution is 2.13. The molecule has 0 amide bonds. The molecule has 0 radical (unpaired) electrons. The van der Waals surface area contributed by atoms with E-state index in [0.717, 1.165) is 5.75 Å². The molecule has 0 bridgehead atoms. The lowest BCUT2D eigenvalue weighted by Gasteiger charge is -2.09. The molecule has 0 aliphatic heterocycles. The number of hydrogen-bond donors (Lipinski definition) is 0. The zero-order valence-corrected chi connectivity index (χ0v) is 9.74. The van der Waals surface area contributed by atoms with Gasteiger partial charge in [-0.15, -0.1) is 12.6 Å². The minimum absolute atomic E-state index is 0.261. The minimum Gasteiger partial charge on any atom is -0.491 e. The third-order valence-corrected chi connectivity index (χ3v) is 1.36. The van der Waals surface area contributed by atoms with Crippen LogP contribution in [0.4, 0.5) is 0 Å². The first kappa shape index (κ1) is 13.6. The van der Waals surface area contributed by atoms with Gasteiger partial charge in [-0.25, -0.2) is 0 Å². The van der Waals surface area contributed by atoms with Gasteiger partial charge in [-0.1, -0.05) is 12.1 Å². The number of aryl methyl sites for hydroxylation is 1. The molecule has 0 aliphatic carbocycles. The summed E-state index contributed by atoms with van der Waals surface area (Å²) in [6, 6.07) is 8.09. The van der Waals surface area contributed by atoms with E-state index in [1.54, 1.807) is 0 Å². The average Bonchev–Trinajstić information content (AvgIpc) is 2.00. The van der Waals surface area contributed by atoms with Gasteiger partial charge in [0, 0.05) is 0 Å². The first-order chi connectivity index (χ1) is 6.91. The van der Waals surface area contributed by atoms with Crippen LogP contribution in [0.2, 0.25) is 0 Å². The van der Waals surface area contributed by atoms with Crippen molar-refractivity contribution in [3.05, 3.63) is 29.8 Å². The highest BCUT2D eigenvalue weighted by Gasteiger charge is 1.95. The summed E-state index contributed by atoms with van der Waals surface area (Å²) in [6.07, 6.45) is 0.261. The van der Waals surface area contributed by atoms with Crippen molar-refractivity contribution >= 4 is 10.6 Å². The Morgan fingerprint density at radius 3 is 2.13 bits per heavy atom. The van der Waals surface area contributed by atoms with Crippen molar-refractivity contribution in [1.29, 1.82) is 0 Å². The molecule has 0 spiro atoms. The monoisotopic (exact) mass is 230 g/mol. The van der Waals surface area contributed by atoms with Crippen LogP contribution in [0.25, 0.3) is 0 Å². The smallest absolute Gasteiger partial charge is 0.425 e. The summed E-state index contributed by atoms with van der Waals surface area (Å²) < 4.78 is 30.8. The molecule has 0 saturated carbocycles. The van der Waals surface area contributed by atoms with Crippen LogP contribution in [0.1, 0.15) is 19.4 Å². The van der Waals surface area contributed by atoms with E-state index < -0.39 is 10.6 Å². The maximum Gasteiger partial charge on any atom is 0.425 e. The fourth-order valence-electron chi connectivity index (χ4n) is 0.961. The summed E-state index contributed by atoms with van der Waals surface area (Å²) in [6.45, 7) is 6.12. The van der Waals surface area contributed by atoms with Crippen molar-refractivity contribution in [2.45, 2.75) is 26.9 Å². The third kappa shape index (κ3) is 8.96. The van der Waals surface area contributed by atoms with Crippen molar-refractivity contribution in [1.82, 2.24) is 0 Å². The number of benzene rings is 1. The van der Waals surface area contributed by atoms with Gasteiger partial charge >= 0.3 is 10.6 Å². The summed E-state index contributed by atoms with van der Waals surface area (Å²) in [5, 5.41) is 0. The molecule has 5 heteroatoms. The molecule has 84 valence electrons. The molecule has 1 rings (SSSR count). The van der Waals surface area contributed by atoms with E-state index in [-0.39, 0.29) is 6.10 Å². The van der Waals surface area contributed by atoms with Gasteiger partial charge < -0.3 is 4.74 Å². The molecule has 0 heterocycles. The van der Waals surface area contributed by atoms with Gasteiger partial charge in [-0.05, 0) is 38.5 Å². The maximum atomic E-state index is 8.44. The number of ether oxygens (including phenoxy) is 1. The van der Waals surface area contributed by atoms with Crippen LogP contribution in [-0.2, 0) is 10.6 Å². The molecule has 0 fully saturated rings. The Labute approximate surface area is 91.0 Å². The Bertz CT molecular complexity index is 387. The highest BCUT2D eigenvalue weighted by molar-refractivity contribution is 7.59. The van der Waals surface area contributed by atoms with Crippen LogP contribution in [0.5, 0.6) is 5.75 Å². The van der Waals surface area contributed by atoms with E-state index in [4.69, 9.17) is 17.4 Å². The van der Waals surface area contributed by atoms with Crippen molar-refractivity contribution in [3.63, 3.8) is 0 Å². The Morgan fingerprint density at radius 2 is 1.73 bits per heavy atom. The number of hydrogen-bond acceptors (Lipinski definition) is 4. The minimum atomic E-state index is -3.11. The molecule has 0 saturated heterocycles. The summed E-state index contributed by atoms with van der Waals surface area (Å²) in [5.41, 5.74) is 1.24. The van der Waals surface area contributed by atoms with Crippen LogP contribution in [0.15, 0.2) is 24.3 Å². The van der Waals surface area contributed by atoms with Gasteiger partial charge in [0.1, 0.15) is 5.75 Å². The van der Waals surface area contributed by atoms with Crippen molar-refractivity contribution in [2.75, 3.05) is 0 Å². The molecule has 0 N–H and O–H groups in total. The summed E-state index contributed by atoms with van der Waals surface area (Å²) in [7, 11) is -3.11. The fourth-order valence-corrected chi connectivity index (χ4v) is 0.961. The molecular formula is C10H14O4S. The van der Waals surface area contributed by atoms with Gasteiger partial charge in [-0.2, -0.15) is 0 Å². The van der Waals surface area contributed by atoms with Crippen LogP contribution in [0, 0.1) is 6.92 Å². The molecule has 0 aliphatic rings. The standard InChI is InChI=1S/C10H14O.O3S/c1-8(2)11-10-6-4-5-9(3)7-10;1-4(2)3/h4-8H,1-3H3;. The largest absolute Gasteiger partial charge is 0.491 e. The molecule has 1 aromatic carbocycles. The Morgan fingerprint density at radius 1 is 1.20 bits per heavy atom. The summed E-state index contributed by atoms with van der Waals surface area (Å²) >= 11 is 0. The van der Waals surface area contributed by atoms with E-state index >= 15 is 0 Å². The molecular weight excluding hydrogens is 216 g/mol. The second kappa shape index (κ2) is 7.00. The first-order valence-corrected chi connectivity index (χ1v) is 5.42. The van der Waals surface area contributed by atoms with Gasteiger partial charge in [0.25, 0.3) is 0 Å². The lowest BCUT2D eigenvalue weighted by atomic mass is 10.2. The second-order valence-corrected chi connectivity index (χ2v) is 3.60. The lowest BCUT2D eigenvalue weighted by Crippen LogP contribution is -2.05. The average molecular weight is 230 g/mol. The van der Waals surface area contributed by atoms with Gasteiger partial charge in [0.2, 0.25) is 0 Å². The molecule has 4 nitrogen and oxygen atoms in total. The third-order valence-electron chi connectivity index (χ3n) is 1.36. The van der Waals surface area contributed by atoms with Crippen molar-refractivity contribution in [2.24, 2.45) is 0 Å². The van der Waals surface area contributed by atoms with E-state index in [1.807, 2.05) is 32.0 Å². The van der Waals surface area contributed by atoms with Crippen molar-refractivity contribution < 1.29 is 17.4 Å². The normalized spacial score (nSPS) is 9.07. The molecule has 1 aromatic rings. The molecule has 0 atom stereocenters. The number of rotatable bonds is 2. The molecule has 15 heavy (non-hydrogen) atoms. The van der Waals surface area contributed by atoms with Crippen LogP contribution < -0.4 is 4.74 Å². The summed E-state index contributed by atoms with van der Waals surface area (Å²) in [4.78, 5) is 0. The fraction of sp³-hybridized carbons (Fsp3) is 0.400. The zero-order chi connectivity index (χ0) is 11.8. The molecule has 0 aromatic heterocycles. The molecule has 0 unspecified atom stereocenters. The van der Waals surface area contributed by atoms with Gasteiger partial charge in [-0.3, -0.25) is 0 Å². The van der Waals surface area contributed by atoms with Crippen LogP contribution >= 0.6 is 0 Å². The predicted molar refractivity (Wildman–Crippen MR) is 56.6 cm³/mol. The van der Waals surface area contributed by atoms with E-state index in [1.165, 1.54) is 5.56 Å². The van der Waals surface area contributed by atoms with E-state index in [9.17, 15) is 0 Å². The Hall–Kier alpha value is -1.36. The SMILES string of the molecule is Cc1cccc(OC(C)C)c1.O=S(=O)=O. The quantitative estimate of drug-likeness (QED) is 0.777. The van der Waals surface area contributed by atoms with E-state index in [2.05, 4.69) is 13.0 Å². The highest BCUT2D eigenvalue weighted by atomic mass is 32.2. The van der Waals surface area contributed by atoms with E-state index in [0.29, 0.717) is 0 Å². The van der Waals surface area contributed by atoms with Gasteiger partial charge in [0.15, 0.2) is 0 Å². The summed E-state index contributed by atoms with van der Waals surface area (Å²) in [5.74, 6) is 0.958. The Balaban J connectivity index is 0.000000423. The van der Waals surface area contributed by atoms with Crippen molar-refractivity contribution in [3.8, 4) is 5.75 Å². The first-order valence-electron chi connectivity index (χ1n) is 4.42. The maximum absolute atomic E-state index is 8.44. The lowest BCUT2D eigenvalue weighted by molar-refractivity contribution is 0.242. The second-order valence-electron chi connectivity index (χ2n) is 3.19. The predicted octanol–water partition coefficient (Wildman–Crippen LogP) is 1.78.